The lowest BCUT2D eigenvalue weighted by atomic mass is 10.2. The van der Waals surface area contributed by atoms with E-state index >= 15 is 0 Å². The molecule has 0 heterocycles. The highest BCUT2D eigenvalue weighted by molar-refractivity contribution is 9.27. The van der Waals surface area contributed by atoms with Crippen molar-refractivity contribution in [3.63, 3.8) is 0 Å². The van der Waals surface area contributed by atoms with Crippen molar-refractivity contribution in [1.82, 2.24) is 0 Å². The maximum absolute atomic E-state index is 10.9. The van der Waals surface area contributed by atoms with Crippen LogP contribution in [0.5, 0.6) is 0 Å². The van der Waals surface area contributed by atoms with E-state index < -0.39 is 13.6 Å². The quantitative estimate of drug-likeness (QED) is 0.614. The lowest BCUT2D eigenvalue weighted by molar-refractivity contribution is 0.558. The van der Waals surface area contributed by atoms with Crippen molar-refractivity contribution in [1.29, 1.82) is 0 Å². The Kier molecular flexibility index (Phi) is 4.77. The Hall–Kier alpha value is 0.770. The van der Waals surface area contributed by atoms with Gasteiger partial charge in [0.05, 0.1) is 0 Å². The van der Waals surface area contributed by atoms with E-state index in [1.54, 1.807) is 0 Å². The summed E-state index contributed by atoms with van der Waals surface area (Å²) < 4.78 is 19.9. The highest BCUT2D eigenvalue weighted by Gasteiger charge is 2.30. The molecule has 0 fully saturated rings. The van der Waals surface area contributed by atoms with Gasteiger partial charge in [-0.3, -0.25) is 0 Å². The minimum Gasteiger partial charge on any atom is -0.304 e. The molecule has 0 aliphatic carbocycles. The van der Waals surface area contributed by atoms with Gasteiger partial charge in [0.15, 0.2) is 13.6 Å². The minimum atomic E-state index is -1.96. The third-order valence-electron chi connectivity index (χ3n) is 1.55. The number of benzene rings is 1. The maximum Gasteiger partial charge on any atom is 0.184 e. The van der Waals surface area contributed by atoms with E-state index in [2.05, 4.69) is 47.8 Å². The third kappa shape index (κ3) is 3.73. The summed E-state index contributed by atoms with van der Waals surface area (Å²) in [4.78, 5) is 0. The van der Waals surface area contributed by atoms with Crippen molar-refractivity contribution >= 4 is 58.9 Å². The van der Waals surface area contributed by atoms with Crippen LogP contribution in [0.4, 0.5) is 0 Å². The zero-order chi connectivity index (χ0) is 10.8. The molecule has 2 nitrogen and oxygen atoms in total. The van der Waals surface area contributed by atoms with Gasteiger partial charge in [0.1, 0.15) is 0 Å². The van der Waals surface area contributed by atoms with Gasteiger partial charge in [-0.1, -0.05) is 59.9 Å². The molecule has 0 aliphatic rings. The Bertz CT molecular complexity index is 354. The summed E-state index contributed by atoms with van der Waals surface area (Å²) in [5.41, 5.74) is 0.968. The zero-order valence-electron chi connectivity index (χ0n) is 6.91. The molecule has 78 valence electrons. The van der Waals surface area contributed by atoms with E-state index in [0.717, 1.165) is 10.0 Å². The molecule has 1 unspecified atom stereocenters. The Morgan fingerprint density at radius 3 is 2.57 bits per heavy atom. The van der Waals surface area contributed by atoms with Gasteiger partial charge in [-0.05, 0) is 17.7 Å². The molecule has 0 radical (unpaired) electrons. The van der Waals surface area contributed by atoms with Crippen molar-refractivity contribution in [2.75, 3.05) is 0 Å². The highest BCUT2D eigenvalue weighted by atomic mass is 79.9. The first kappa shape index (κ1) is 12.8. The van der Waals surface area contributed by atoms with Crippen LogP contribution >= 0.6 is 47.8 Å². The molecule has 6 heteroatoms. The predicted octanol–water partition coefficient (Wildman–Crippen LogP) is 3.66. The SMILES string of the molecule is O=S(O)C(Br)(Br)Cc1cccc(Br)c1. The topological polar surface area (TPSA) is 37.3 Å². The van der Waals surface area contributed by atoms with E-state index in [1.807, 2.05) is 24.3 Å². The molecule has 1 N–H and O–H groups in total. The highest BCUT2D eigenvalue weighted by Crippen LogP contribution is 2.33. The number of rotatable bonds is 3. The van der Waals surface area contributed by atoms with E-state index in [4.69, 9.17) is 4.55 Å². The molecule has 0 bridgehead atoms. The Morgan fingerprint density at radius 2 is 2.07 bits per heavy atom. The second kappa shape index (κ2) is 5.21. The fraction of sp³-hybridized carbons (Fsp3) is 0.250. The first-order chi connectivity index (χ1) is 6.42. The zero-order valence-corrected chi connectivity index (χ0v) is 12.5. The van der Waals surface area contributed by atoms with Crippen LogP contribution in [0.25, 0.3) is 0 Å². The lowest BCUT2D eigenvalue weighted by Crippen LogP contribution is -2.21. The van der Waals surface area contributed by atoms with Crippen LogP contribution in [0.2, 0.25) is 0 Å². The average Bonchev–Trinajstić information content (AvgIpc) is 2.02. The summed E-state index contributed by atoms with van der Waals surface area (Å²) in [7, 11) is 0. The van der Waals surface area contributed by atoms with Gasteiger partial charge in [-0.25, -0.2) is 4.21 Å². The molecule has 0 spiro atoms. The standard InChI is InChI=1S/C8H7Br3O2S/c9-7-3-1-2-6(4-7)5-8(10,11)14(12)13/h1-4H,5H2,(H,12,13). The van der Waals surface area contributed by atoms with E-state index in [-0.39, 0.29) is 0 Å². The summed E-state index contributed by atoms with van der Waals surface area (Å²) in [5, 5.41) is 0. The van der Waals surface area contributed by atoms with Crippen molar-refractivity contribution in [3.8, 4) is 0 Å². The van der Waals surface area contributed by atoms with Gasteiger partial charge < -0.3 is 4.55 Å². The van der Waals surface area contributed by atoms with Crippen LogP contribution in [-0.2, 0) is 17.5 Å². The van der Waals surface area contributed by atoms with Gasteiger partial charge in [0.25, 0.3) is 0 Å². The number of hydrogen-bond donors (Lipinski definition) is 1. The molecule has 0 saturated carbocycles. The van der Waals surface area contributed by atoms with Crippen LogP contribution < -0.4 is 0 Å². The second-order valence-corrected chi connectivity index (χ2v) is 9.63. The molecule has 0 aromatic heterocycles. The van der Waals surface area contributed by atoms with Crippen LogP contribution in [0, 0.1) is 0 Å². The van der Waals surface area contributed by atoms with Crippen molar-refractivity contribution in [3.05, 3.63) is 34.3 Å². The van der Waals surface area contributed by atoms with Crippen molar-refractivity contribution < 1.29 is 8.76 Å². The van der Waals surface area contributed by atoms with Gasteiger partial charge in [-0.2, -0.15) is 0 Å². The second-order valence-electron chi connectivity index (χ2n) is 2.69. The van der Waals surface area contributed by atoms with Crippen LogP contribution in [0.3, 0.4) is 0 Å². The molecule has 0 aliphatic heterocycles. The molecule has 1 aromatic carbocycles. The number of halogens is 3. The Morgan fingerprint density at radius 1 is 1.43 bits per heavy atom. The largest absolute Gasteiger partial charge is 0.304 e. The first-order valence-electron chi connectivity index (χ1n) is 3.65. The fourth-order valence-electron chi connectivity index (χ4n) is 0.946. The first-order valence-corrected chi connectivity index (χ1v) is 7.13. The summed E-state index contributed by atoms with van der Waals surface area (Å²) in [5.74, 6) is 0. The molecule has 0 saturated heterocycles. The fourth-order valence-corrected chi connectivity index (χ4v) is 2.33. The maximum atomic E-state index is 10.9. The average molecular weight is 407 g/mol. The van der Waals surface area contributed by atoms with Crippen molar-refractivity contribution in [2.24, 2.45) is 0 Å². The predicted molar refractivity (Wildman–Crippen MR) is 69.2 cm³/mol. The molecule has 0 amide bonds. The van der Waals surface area contributed by atoms with Gasteiger partial charge >= 0.3 is 0 Å². The van der Waals surface area contributed by atoms with Crippen LogP contribution in [0.15, 0.2) is 28.7 Å². The Labute approximate surface area is 110 Å². The molecular formula is C8H7Br3O2S. The minimum absolute atomic E-state index is 0.426. The molecule has 1 aromatic rings. The summed E-state index contributed by atoms with van der Waals surface area (Å²) in [6, 6.07) is 7.60. The van der Waals surface area contributed by atoms with E-state index in [1.165, 1.54) is 0 Å². The smallest absolute Gasteiger partial charge is 0.184 e. The monoisotopic (exact) mass is 404 g/mol. The van der Waals surface area contributed by atoms with Crippen LogP contribution in [0.1, 0.15) is 5.56 Å². The molecular weight excluding hydrogens is 400 g/mol. The van der Waals surface area contributed by atoms with E-state index in [9.17, 15) is 4.21 Å². The van der Waals surface area contributed by atoms with E-state index in [0.29, 0.717) is 6.42 Å². The van der Waals surface area contributed by atoms with Crippen molar-refractivity contribution in [2.45, 2.75) is 8.99 Å². The molecule has 1 atom stereocenters. The van der Waals surface area contributed by atoms with Gasteiger partial charge in [-0.15, -0.1) is 0 Å². The lowest BCUT2D eigenvalue weighted by Gasteiger charge is -2.15. The van der Waals surface area contributed by atoms with Gasteiger partial charge in [0, 0.05) is 10.9 Å². The summed E-state index contributed by atoms with van der Waals surface area (Å²) in [6.45, 7) is 0. The third-order valence-corrected chi connectivity index (χ3v) is 4.93. The summed E-state index contributed by atoms with van der Waals surface area (Å²) in [6.07, 6.45) is 0.426. The number of alkyl halides is 2. The molecule has 14 heavy (non-hydrogen) atoms. The normalized spacial score (nSPS) is 14.0. The number of hydrogen-bond acceptors (Lipinski definition) is 1. The van der Waals surface area contributed by atoms with Crippen LogP contribution in [-0.4, -0.2) is 11.3 Å². The summed E-state index contributed by atoms with van der Waals surface area (Å²) >= 11 is 7.69. The molecule has 1 rings (SSSR count). The van der Waals surface area contributed by atoms with Gasteiger partial charge in [0.2, 0.25) is 0 Å². The Balaban J connectivity index is 2.83.